The molecule has 12 heteroatoms. The summed E-state index contributed by atoms with van der Waals surface area (Å²) < 4.78 is 0. The SMILES string of the molecule is C=CCc1cccc(C=N)c1O.CC(C)(C)c1cc(C=N)c(O)c(C(C)(C)C)c1.CC(C)(C)c1ccc(CN2CCN(CC(N)=O)CC2)cc1.NC(=O)CN1CCN(Cc2ccccc2)CC1. The van der Waals surface area contributed by atoms with Crippen LogP contribution in [0.25, 0.3) is 0 Å². The molecule has 0 unspecified atom stereocenters. The second-order valence-electron chi connectivity index (χ2n) is 20.6. The highest BCUT2D eigenvalue weighted by Crippen LogP contribution is 2.37. The highest BCUT2D eigenvalue weighted by atomic mass is 16.3. The molecule has 12 nitrogen and oxygen atoms in total. The second kappa shape index (κ2) is 26.0. The quantitative estimate of drug-likeness (QED) is 0.0610. The molecule has 0 saturated carbocycles. The number of phenolic OH excluding ortho intramolecular Hbond substituents is 2. The van der Waals surface area contributed by atoms with Crippen LogP contribution in [0.2, 0.25) is 0 Å². The van der Waals surface area contributed by atoms with E-state index < -0.39 is 0 Å². The molecule has 2 aliphatic heterocycles. The van der Waals surface area contributed by atoms with E-state index in [0.717, 1.165) is 88.4 Å². The van der Waals surface area contributed by atoms with E-state index in [2.05, 4.69) is 143 Å². The predicted molar refractivity (Wildman–Crippen MR) is 277 cm³/mol. The van der Waals surface area contributed by atoms with Crippen LogP contribution in [-0.2, 0) is 45.3 Å². The minimum Gasteiger partial charge on any atom is -0.507 e. The van der Waals surface area contributed by atoms with Gasteiger partial charge in [0, 0.05) is 94.6 Å². The fourth-order valence-electron chi connectivity index (χ4n) is 7.68. The molecule has 364 valence electrons. The number of nitrogens with one attached hydrogen (secondary N) is 2. The Balaban J connectivity index is 0.000000241. The number of para-hydroxylation sites is 1. The first-order chi connectivity index (χ1) is 31.4. The van der Waals surface area contributed by atoms with Gasteiger partial charge in [-0.3, -0.25) is 29.2 Å². The molecule has 2 aliphatic rings. The summed E-state index contributed by atoms with van der Waals surface area (Å²) in [5.41, 5.74) is 18.6. The number of phenols is 2. The Labute approximate surface area is 401 Å². The van der Waals surface area contributed by atoms with Crippen molar-refractivity contribution in [1.29, 1.82) is 10.8 Å². The fourth-order valence-corrected chi connectivity index (χ4v) is 7.68. The van der Waals surface area contributed by atoms with Gasteiger partial charge in [0.2, 0.25) is 11.8 Å². The van der Waals surface area contributed by atoms with E-state index in [1.54, 1.807) is 12.1 Å². The minimum absolute atomic E-state index is 0.0193. The maximum atomic E-state index is 10.9. The Morgan fingerprint density at radius 3 is 1.42 bits per heavy atom. The number of piperazine rings is 2. The zero-order chi connectivity index (χ0) is 50.0. The van der Waals surface area contributed by atoms with Crippen LogP contribution in [0.3, 0.4) is 0 Å². The number of carbonyl (C=O) groups is 2. The predicted octanol–water partition coefficient (Wildman–Crippen LogP) is 7.98. The average molecular weight is 917 g/mol. The Bertz CT molecular complexity index is 2190. The number of hydrogen-bond donors (Lipinski definition) is 6. The molecule has 0 atom stereocenters. The number of primary amides is 2. The van der Waals surface area contributed by atoms with Gasteiger partial charge in [0.05, 0.1) is 13.1 Å². The minimum atomic E-state index is -0.235. The summed E-state index contributed by atoms with van der Waals surface area (Å²) in [5, 5.41) is 34.1. The first-order valence-corrected chi connectivity index (χ1v) is 23.3. The Hall–Kier alpha value is -5.66. The molecule has 6 rings (SSSR count). The van der Waals surface area contributed by atoms with Gasteiger partial charge < -0.3 is 32.5 Å². The summed E-state index contributed by atoms with van der Waals surface area (Å²) in [6, 6.07) is 28.7. The van der Waals surface area contributed by atoms with E-state index in [0.29, 0.717) is 30.6 Å². The maximum absolute atomic E-state index is 10.9. The lowest BCUT2D eigenvalue weighted by atomic mass is 9.79. The molecule has 0 bridgehead atoms. The van der Waals surface area contributed by atoms with Gasteiger partial charge in [-0.05, 0) is 62.6 Å². The topological polar surface area (TPSA) is 187 Å². The zero-order valence-electron chi connectivity index (χ0n) is 41.9. The first kappa shape index (κ1) is 55.7. The Kier molecular flexibility index (Phi) is 21.6. The van der Waals surface area contributed by atoms with Crippen LogP contribution in [0.1, 0.15) is 107 Å². The molecule has 4 aromatic carbocycles. The van der Waals surface area contributed by atoms with E-state index in [1.165, 1.54) is 22.9 Å². The number of nitrogens with two attached hydrogens (primary N) is 2. The molecule has 8 N–H and O–H groups in total. The van der Waals surface area contributed by atoms with E-state index in [9.17, 15) is 19.8 Å². The van der Waals surface area contributed by atoms with Crippen molar-refractivity contribution in [3.8, 4) is 11.5 Å². The number of benzene rings is 4. The largest absolute Gasteiger partial charge is 0.507 e. The van der Waals surface area contributed by atoms with Gasteiger partial charge in [-0.1, -0.05) is 141 Å². The molecular formula is C55H80N8O4. The number of rotatable bonds is 12. The monoisotopic (exact) mass is 917 g/mol. The van der Waals surface area contributed by atoms with Gasteiger partial charge in [0.1, 0.15) is 11.5 Å². The molecule has 2 amide bonds. The third-order valence-corrected chi connectivity index (χ3v) is 11.8. The van der Waals surface area contributed by atoms with Crippen LogP contribution in [0.5, 0.6) is 11.5 Å². The third-order valence-electron chi connectivity index (χ3n) is 11.8. The van der Waals surface area contributed by atoms with E-state index >= 15 is 0 Å². The number of carbonyl (C=O) groups excluding carboxylic acids is 2. The molecular weight excluding hydrogens is 837 g/mol. The molecule has 4 aromatic rings. The summed E-state index contributed by atoms with van der Waals surface area (Å²) in [6.45, 7) is 33.4. The first-order valence-electron chi connectivity index (χ1n) is 23.3. The van der Waals surface area contributed by atoms with Gasteiger partial charge in [0.25, 0.3) is 0 Å². The lowest BCUT2D eigenvalue weighted by Gasteiger charge is -2.34. The second-order valence-corrected chi connectivity index (χ2v) is 20.6. The fraction of sp³-hybridized carbons (Fsp3) is 0.455. The number of nitrogens with zero attached hydrogens (tertiary/aromatic N) is 4. The highest BCUT2D eigenvalue weighted by molar-refractivity contribution is 5.83. The van der Waals surface area contributed by atoms with Crippen molar-refractivity contribution in [1.82, 2.24) is 19.6 Å². The van der Waals surface area contributed by atoms with E-state index in [-0.39, 0.29) is 39.6 Å². The lowest BCUT2D eigenvalue weighted by Crippen LogP contribution is -2.48. The van der Waals surface area contributed by atoms with Gasteiger partial charge in [-0.25, -0.2) is 0 Å². The van der Waals surface area contributed by atoms with Crippen molar-refractivity contribution in [3.05, 3.63) is 142 Å². The number of allylic oxidation sites excluding steroid dienone is 1. The van der Waals surface area contributed by atoms with E-state index in [4.69, 9.17) is 22.3 Å². The zero-order valence-corrected chi connectivity index (χ0v) is 41.9. The number of aromatic hydroxyl groups is 2. The van der Waals surface area contributed by atoms with Crippen LogP contribution in [0.15, 0.2) is 97.6 Å². The third kappa shape index (κ3) is 19.2. The van der Waals surface area contributed by atoms with Gasteiger partial charge in [-0.15, -0.1) is 6.58 Å². The van der Waals surface area contributed by atoms with Crippen molar-refractivity contribution in [2.75, 3.05) is 65.4 Å². The van der Waals surface area contributed by atoms with Gasteiger partial charge >= 0.3 is 0 Å². The van der Waals surface area contributed by atoms with E-state index in [1.807, 2.05) is 24.3 Å². The van der Waals surface area contributed by atoms with Crippen LogP contribution in [0, 0.1) is 10.8 Å². The molecule has 2 heterocycles. The molecule has 2 fully saturated rings. The molecule has 67 heavy (non-hydrogen) atoms. The van der Waals surface area contributed by atoms with Gasteiger partial charge in [0.15, 0.2) is 0 Å². The average Bonchev–Trinajstić information content (AvgIpc) is 3.26. The van der Waals surface area contributed by atoms with Crippen LogP contribution in [0.4, 0.5) is 0 Å². The normalized spacial score (nSPS) is 15.1. The standard InChI is InChI=1S/C17H27N3O.C15H23NO.C13H19N3O.C10H11NO/c1-17(2,3)15-6-4-14(5-7-15)12-19-8-10-20(11-9-19)13-16(18)21;1-14(2,3)11-7-10(9-16)13(17)12(8-11)15(4,5)6;14-13(17)11-16-8-6-15(7-9-16)10-12-4-2-1-3-5-12;1-2-4-8-5-3-6-9(7-11)10(8)12/h4-7H,8-13H2,1-3H3,(H2,18,21);7-9,16-17H,1-6H3;1-5H,6-11H2,(H2,14,17);2-3,5-7,11-12H,1,4H2. The maximum Gasteiger partial charge on any atom is 0.231 e. The summed E-state index contributed by atoms with van der Waals surface area (Å²) in [5.74, 6) is -0.0457. The van der Waals surface area contributed by atoms with Crippen molar-refractivity contribution in [2.24, 2.45) is 11.5 Å². The molecule has 0 spiro atoms. The molecule has 0 radical (unpaired) electrons. The van der Waals surface area contributed by atoms with Crippen LogP contribution < -0.4 is 11.5 Å². The van der Waals surface area contributed by atoms with Gasteiger partial charge in [-0.2, -0.15) is 0 Å². The van der Waals surface area contributed by atoms with Crippen molar-refractivity contribution in [2.45, 2.75) is 98.1 Å². The summed E-state index contributed by atoms with van der Waals surface area (Å²) in [6.07, 6.45) is 4.72. The Morgan fingerprint density at radius 2 is 1.01 bits per heavy atom. The van der Waals surface area contributed by atoms with Crippen LogP contribution in [-0.4, -0.2) is 120 Å². The summed E-state index contributed by atoms with van der Waals surface area (Å²) in [7, 11) is 0. The summed E-state index contributed by atoms with van der Waals surface area (Å²) in [4.78, 5) is 30.8. The smallest absolute Gasteiger partial charge is 0.231 e. The molecule has 0 aromatic heterocycles. The highest BCUT2D eigenvalue weighted by Gasteiger charge is 2.25. The number of amides is 2. The van der Waals surface area contributed by atoms with Crippen molar-refractivity contribution in [3.63, 3.8) is 0 Å². The number of hydrogen-bond acceptors (Lipinski definition) is 10. The molecule has 0 aliphatic carbocycles. The molecule has 2 saturated heterocycles. The Morgan fingerprint density at radius 1 is 0.567 bits per heavy atom. The van der Waals surface area contributed by atoms with Crippen LogP contribution >= 0.6 is 0 Å². The summed E-state index contributed by atoms with van der Waals surface area (Å²) >= 11 is 0. The lowest BCUT2D eigenvalue weighted by molar-refractivity contribution is -0.120. The van der Waals surface area contributed by atoms with Crippen molar-refractivity contribution >= 4 is 24.2 Å². The van der Waals surface area contributed by atoms with Crippen molar-refractivity contribution < 1.29 is 19.8 Å².